The zero-order valence-corrected chi connectivity index (χ0v) is 12.5. The molecule has 19 heavy (non-hydrogen) atoms. The zero-order valence-electron chi connectivity index (χ0n) is 11.7. The Bertz CT molecular complexity index is 588. The number of rotatable bonds is 4. The van der Waals surface area contributed by atoms with Gasteiger partial charge < -0.3 is 10.2 Å². The number of nitrogens with zero attached hydrogens (tertiary/aromatic N) is 3. The van der Waals surface area contributed by atoms with Gasteiger partial charge in [0, 0.05) is 25.0 Å². The van der Waals surface area contributed by atoms with E-state index in [9.17, 15) is 0 Å². The quantitative estimate of drug-likeness (QED) is 0.930. The second kappa shape index (κ2) is 4.96. The SMILES string of the molecule is CCc1cc2c(N(C)C3CCC3)nc(NC)nc2s1. The fraction of sp³-hybridized carbons (Fsp3) is 0.571. The number of nitrogens with one attached hydrogen (secondary N) is 1. The molecule has 0 aliphatic heterocycles. The Balaban J connectivity index is 2.10. The molecule has 0 aromatic carbocycles. The van der Waals surface area contributed by atoms with Crippen LogP contribution in [0, 0.1) is 0 Å². The van der Waals surface area contributed by atoms with Crippen molar-refractivity contribution in [3.05, 3.63) is 10.9 Å². The third-order valence-electron chi connectivity index (χ3n) is 3.95. The predicted molar refractivity (Wildman–Crippen MR) is 82.4 cm³/mol. The van der Waals surface area contributed by atoms with Crippen molar-refractivity contribution in [2.24, 2.45) is 0 Å². The highest BCUT2D eigenvalue weighted by atomic mass is 32.1. The van der Waals surface area contributed by atoms with E-state index in [1.165, 1.54) is 29.5 Å². The number of hydrogen-bond acceptors (Lipinski definition) is 5. The van der Waals surface area contributed by atoms with Crippen molar-refractivity contribution < 1.29 is 0 Å². The summed E-state index contributed by atoms with van der Waals surface area (Å²) < 4.78 is 0. The Hall–Kier alpha value is -1.36. The van der Waals surface area contributed by atoms with Gasteiger partial charge in [0.2, 0.25) is 5.95 Å². The molecule has 1 saturated carbocycles. The van der Waals surface area contributed by atoms with Crippen LogP contribution in [0.1, 0.15) is 31.1 Å². The maximum Gasteiger partial charge on any atom is 0.225 e. The van der Waals surface area contributed by atoms with Crippen LogP contribution in [0.25, 0.3) is 10.2 Å². The van der Waals surface area contributed by atoms with Gasteiger partial charge in [0.15, 0.2) is 0 Å². The molecule has 2 heterocycles. The van der Waals surface area contributed by atoms with Crippen molar-refractivity contribution in [2.45, 2.75) is 38.6 Å². The molecule has 0 saturated heterocycles. The molecule has 0 amide bonds. The first-order valence-electron chi connectivity index (χ1n) is 6.94. The summed E-state index contributed by atoms with van der Waals surface area (Å²) in [7, 11) is 4.04. The molecule has 102 valence electrons. The maximum atomic E-state index is 4.68. The molecule has 0 spiro atoms. The minimum absolute atomic E-state index is 0.646. The molecule has 1 fully saturated rings. The molecular weight excluding hydrogens is 256 g/mol. The van der Waals surface area contributed by atoms with E-state index in [1.54, 1.807) is 11.3 Å². The molecule has 1 N–H and O–H groups in total. The van der Waals surface area contributed by atoms with Gasteiger partial charge in [0.25, 0.3) is 0 Å². The number of fused-ring (bicyclic) bond motifs is 1. The third kappa shape index (κ3) is 2.16. The Morgan fingerprint density at radius 3 is 2.79 bits per heavy atom. The van der Waals surface area contributed by atoms with E-state index >= 15 is 0 Å². The van der Waals surface area contributed by atoms with Gasteiger partial charge in [-0.25, -0.2) is 4.98 Å². The highest BCUT2D eigenvalue weighted by Gasteiger charge is 2.25. The van der Waals surface area contributed by atoms with Crippen LogP contribution in [0.3, 0.4) is 0 Å². The summed E-state index contributed by atoms with van der Waals surface area (Å²) in [6.45, 7) is 2.19. The van der Waals surface area contributed by atoms with Crippen LogP contribution in [0.15, 0.2) is 6.07 Å². The van der Waals surface area contributed by atoms with Crippen molar-refractivity contribution in [3.63, 3.8) is 0 Å². The summed E-state index contributed by atoms with van der Waals surface area (Å²) in [5, 5.41) is 4.28. The first-order chi connectivity index (χ1) is 9.22. The lowest BCUT2D eigenvalue weighted by molar-refractivity contribution is 0.400. The first kappa shape index (κ1) is 12.7. The van der Waals surface area contributed by atoms with Crippen LogP contribution in [-0.2, 0) is 6.42 Å². The number of aryl methyl sites for hydroxylation is 1. The van der Waals surface area contributed by atoms with Crippen molar-refractivity contribution >= 4 is 33.3 Å². The first-order valence-corrected chi connectivity index (χ1v) is 7.75. The molecular formula is C14H20N4S. The number of thiophene rings is 1. The minimum Gasteiger partial charge on any atom is -0.357 e. The highest BCUT2D eigenvalue weighted by Crippen LogP contribution is 2.35. The van der Waals surface area contributed by atoms with E-state index in [2.05, 4.69) is 40.2 Å². The average Bonchev–Trinajstić information content (AvgIpc) is 2.77. The summed E-state index contributed by atoms with van der Waals surface area (Å²) in [5.41, 5.74) is 0. The average molecular weight is 276 g/mol. The Morgan fingerprint density at radius 2 is 2.21 bits per heavy atom. The van der Waals surface area contributed by atoms with Crippen LogP contribution in [0.4, 0.5) is 11.8 Å². The Morgan fingerprint density at radius 1 is 1.42 bits per heavy atom. The van der Waals surface area contributed by atoms with Crippen molar-refractivity contribution in [1.82, 2.24) is 9.97 Å². The van der Waals surface area contributed by atoms with Crippen LogP contribution in [0.5, 0.6) is 0 Å². The minimum atomic E-state index is 0.646. The molecule has 3 rings (SSSR count). The number of hydrogen-bond donors (Lipinski definition) is 1. The zero-order chi connectivity index (χ0) is 13.4. The molecule has 4 nitrogen and oxygen atoms in total. The summed E-state index contributed by atoms with van der Waals surface area (Å²) in [5.74, 6) is 1.80. The fourth-order valence-corrected chi connectivity index (χ4v) is 3.42. The fourth-order valence-electron chi connectivity index (χ4n) is 2.46. The topological polar surface area (TPSA) is 41.1 Å². The van der Waals surface area contributed by atoms with E-state index in [0.717, 1.165) is 23.0 Å². The van der Waals surface area contributed by atoms with Crippen molar-refractivity contribution in [1.29, 1.82) is 0 Å². The van der Waals surface area contributed by atoms with Gasteiger partial charge >= 0.3 is 0 Å². The van der Waals surface area contributed by atoms with Gasteiger partial charge in [-0.3, -0.25) is 0 Å². The summed E-state index contributed by atoms with van der Waals surface area (Å²) in [6, 6.07) is 2.90. The van der Waals surface area contributed by atoms with Gasteiger partial charge in [-0.15, -0.1) is 11.3 Å². The van der Waals surface area contributed by atoms with Gasteiger partial charge in [-0.2, -0.15) is 4.98 Å². The van der Waals surface area contributed by atoms with Crippen LogP contribution < -0.4 is 10.2 Å². The number of anilines is 2. The maximum absolute atomic E-state index is 4.68. The van der Waals surface area contributed by atoms with Gasteiger partial charge in [-0.05, 0) is 31.7 Å². The van der Waals surface area contributed by atoms with E-state index in [4.69, 9.17) is 0 Å². The van der Waals surface area contributed by atoms with Crippen LogP contribution in [0.2, 0.25) is 0 Å². The van der Waals surface area contributed by atoms with Crippen LogP contribution >= 0.6 is 11.3 Å². The summed E-state index contributed by atoms with van der Waals surface area (Å²) in [6.07, 6.45) is 4.96. The van der Waals surface area contributed by atoms with Crippen molar-refractivity contribution in [3.8, 4) is 0 Å². The highest BCUT2D eigenvalue weighted by molar-refractivity contribution is 7.18. The molecule has 0 bridgehead atoms. The third-order valence-corrected chi connectivity index (χ3v) is 5.13. The second-order valence-electron chi connectivity index (χ2n) is 5.10. The van der Waals surface area contributed by atoms with Crippen LogP contribution in [-0.4, -0.2) is 30.1 Å². The lowest BCUT2D eigenvalue weighted by Crippen LogP contribution is -2.37. The summed E-state index contributed by atoms with van der Waals surface area (Å²) >= 11 is 1.78. The normalized spacial score (nSPS) is 15.5. The molecule has 5 heteroatoms. The lowest BCUT2D eigenvalue weighted by atomic mass is 9.92. The predicted octanol–water partition coefficient (Wildman–Crippen LogP) is 3.28. The van der Waals surface area contributed by atoms with E-state index < -0.39 is 0 Å². The van der Waals surface area contributed by atoms with Gasteiger partial charge in [0.1, 0.15) is 10.6 Å². The van der Waals surface area contributed by atoms with E-state index in [1.807, 2.05) is 7.05 Å². The van der Waals surface area contributed by atoms with Crippen molar-refractivity contribution in [2.75, 3.05) is 24.3 Å². The summed E-state index contributed by atoms with van der Waals surface area (Å²) in [4.78, 5) is 14.1. The number of aromatic nitrogens is 2. The molecule has 1 aliphatic rings. The standard InChI is InChI=1S/C14H20N4S/c1-4-10-8-11-12(18(3)9-6-5-7-9)16-14(15-2)17-13(11)19-10/h8-9H,4-7H2,1-3H3,(H,15,16,17). The Kier molecular flexibility index (Phi) is 3.31. The monoisotopic (exact) mass is 276 g/mol. The Labute approximate surface area is 117 Å². The molecule has 0 atom stereocenters. The van der Waals surface area contributed by atoms with Gasteiger partial charge in [0.05, 0.1) is 5.39 Å². The molecule has 1 aliphatic carbocycles. The smallest absolute Gasteiger partial charge is 0.225 e. The molecule has 0 unspecified atom stereocenters. The second-order valence-corrected chi connectivity index (χ2v) is 6.22. The van der Waals surface area contributed by atoms with Gasteiger partial charge in [-0.1, -0.05) is 6.92 Å². The van der Waals surface area contributed by atoms with E-state index in [0.29, 0.717) is 6.04 Å². The molecule has 2 aromatic heterocycles. The lowest BCUT2D eigenvalue weighted by Gasteiger charge is -2.35. The van der Waals surface area contributed by atoms with E-state index in [-0.39, 0.29) is 0 Å². The molecule has 2 aromatic rings. The molecule has 0 radical (unpaired) electrons. The largest absolute Gasteiger partial charge is 0.357 e.